The first kappa shape index (κ1) is 15.1. The van der Waals surface area contributed by atoms with E-state index in [2.05, 4.69) is 12.3 Å². The van der Waals surface area contributed by atoms with E-state index in [9.17, 15) is 8.78 Å². The number of nitrogens with one attached hydrogen (secondary N) is 1. The molecule has 18 heavy (non-hydrogen) atoms. The minimum Gasteiger partial charge on any atom is -0.271 e. The zero-order valence-electron chi connectivity index (χ0n) is 11.1. The molecule has 0 fully saturated rings. The summed E-state index contributed by atoms with van der Waals surface area (Å²) in [7, 11) is 0. The van der Waals surface area contributed by atoms with Crippen LogP contribution in [-0.2, 0) is 0 Å². The lowest BCUT2D eigenvalue weighted by Crippen LogP contribution is -2.28. The molecule has 102 valence electrons. The van der Waals surface area contributed by atoms with Crippen LogP contribution in [0.15, 0.2) is 12.1 Å². The molecule has 0 aliphatic rings. The van der Waals surface area contributed by atoms with Crippen LogP contribution in [0, 0.1) is 18.6 Å². The molecule has 1 aromatic rings. The molecule has 0 aromatic heterocycles. The van der Waals surface area contributed by atoms with Gasteiger partial charge in [0.2, 0.25) is 0 Å². The van der Waals surface area contributed by atoms with Gasteiger partial charge in [0, 0.05) is 17.7 Å². The second-order valence-corrected chi connectivity index (χ2v) is 4.69. The van der Waals surface area contributed by atoms with Crippen molar-refractivity contribution in [3.8, 4) is 0 Å². The van der Waals surface area contributed by atoms with Crippen molar-refractivity contribution >= 4 is 0 Å². The summed E-state index contributed by atoms with van der Waals surface area (Å²) in [6.45, 7) is 3.77. The van der Waals surface area contributed by atoms with Crippen LogP contribution in [0.3, 0.4) is 0 Å². The molecule has 3 N–H and O–H groups in total. The molecule has 0 saturated carbocycles. The molecule has 0 amide bonds. The second kappa shape index (κ2) is 7.44. The summed E-state index contributed by atoms with van der Waals surface area (Å²) in [6.07, 6.45) is 5.18. The molecule has 0 saturated heterocycles. The fourth-order valence-corrected chi connectivity index (χ4v) is 2.05. The van der Waals surface area contributed by atoms with E-state index in [0.29, 0.717) is 11.1 Å². The van der Waals surface area contributed by atoms with Gasteiger partial charge in [0.25, 0.3) is 0 Å². The molecule has 4 heteroatoms. The second-order valence-electron chi connectivity index (χ2n) is 4.69. The molecule has 2 nitrogen and oxygen atoms in total. The van der Waals surface area contributed by atoms with Crippen molar-refractivity contribution in [1.29, 1.82) is 0 Å². The van der Waals surface area contributed by atoms with E-state index in [1.165, 1.54) is 12.5 Å². The zero-order valence-corrected chi connectivity index (χ0v) is 11.1. The Hall–Kier alpha value is -1.00. The van der Waals surface area contributed by atoms with E-state index < -0.39 is 11.6 Å². The van der Waals surface area contributed by atoms with Crippen LogP contribution in [0.2, 0.25) is 0 Å². The number of unbranched alkanes of at least 4 members (excludes halogenated alkanes) is 3. The smallest absolute Gasteiger partial charge is 0.130 e. The van der Waals surface area contributed by atoms with E-state index in [-0.39, 0.29) is 6.04 Å². The normalized spacial score (nSPS) is 12.7. The first-order valence-electron chi connectivity index (χ1n) is 6.51. The van der Waals surface area contributed by atoms with Gasteiger partial charge < -0.3 is 0 Å². The molecule has 1 rings (SSSR count). The summed E-state index contributed by atoms with van der Waals surface area (Å²) in [5, 5.41) is 0. The molecular formula is C14H22F2N2. The van der Waals surface area contributed by atoms with Crippen molar-refractivity contribution in [3.05, 3.63) is 34.9 Å². The lowest BCUT2D eigenvalue weighted by Gasteiger charge is -2.17. The van der Waals surface area contributed by atoms with Crippen molar-refractivity contribution in [2.24, 2.45) is 5.84 Å². The number of hydrogen-bond acceptors (Lipinski definition) is 2. The van der Waals surface area contributed by atoms with Crippen LogP contribution >= 0.6 is 0 Å². The Morgan fingerprint density at radius 1 is 1.17 bits per heavy atom. The van der Waals surface area contributed by atoms with Crippen molar-refractivity contribution in [2.75, 3.05) is 0 Å². The van der Waals surface area contributed by atoms with Crippen LogP contribution in [-0.4, -0.2) is 0 Å². The van der Waals surface area contributed by atoms with Gasteiger partial charge in [-0.3, -0.25) is 11.3 Å². The van der Waals surface area contributed by atoms with Crippen molar-refractivity contribution < 1.29 is 8.78 Å². The van der Waals surface area contributed by atoms with Crippen LogP contribution in [0.4, 0.5) is 8.78 Å². The van der Waals surface area contributed by atoms with Crippen molar-refractivity contribution in [1.82, 2.24) is 5.43 Å². The number of hydrogen-bond donors (Lipinski definition) is 2. The molecule has 0 heterocycles. The fourth-order valence-electron chi connectivity index (χ4n) is 2.05. The largest absolute Gasteiger partial charge is 0.271 e. The maximum absolute atomic E-state index is 13.7. The Balaban J connectivity index is 2.72. The summed E-state index contributed by atoms with van der Waals surface area (Å²) in [6, 6.07) is 2.22. The lowest BCUT2D eigenvalue weighted by atomic mass is 9.98. The maximum Gasteiger partial charge on any atom is 0.130 e. The third-order valence-electron chi connectivity index (χ3n) is 3.20. The van der Waals surface area contributed by atoms with Gasteiger partial charge in [0.05, 0.1) is 0 Å². The number of hydrazine groups is 1. The Labute approximate surface area is 108 Å². The summed E-state index contributed by atoms with van der Waals surface area (Å²) in [5.41, 5.74) is 3.52. The highest BCUT2D eigenvalue weighted by Crippen LogP contribution is 2.24. The summed E-state index contributed by atoms with van der Waals surface area (Å²) in [5.74, 6) is 4.42. The molecule has 1 aromatic carbocycles. The number of rotatable bonds is 7. The minimum absolute atomic E-state index is 0.249. The first-order chi connectivity index (χ1) is 8.60. The monoisotopic (exact) mass is 256 g/mol. The Bertz CT molecular complexity index is 380. The van der Waals surface area contributed by atoms with Crippen LogP contribution < -0.4 is 11.3 Å². The number of benzene rings is 1. The van der Waals surface area contributed by atoms with Gasteiger partial charge >= 0.3 is 0 Å². The quantitative estimate of drug-likeness (QED) is 0.443. The van der Waals surface area contributed by atoms with E-state index >= 15 is 0 Å². The van der Waals surface area contributed by atoms with Gasteiger partial charge in [-0.1, -0.05) is 32.6 Å². The number of nitrogens with two attached hydrogens (primary N) is 1. The Morgan fingerprint density at radius 2 is 1.89 bits per heavy atom. The molecule has 0 radical (unpaired) electrons. The molecule has 1 atom stereocenters. The standard InChI is InChI=1S/C14H22F2N2/c1-3-4-5-6-7-14(18-17)11-8-10(2)12(15)9-13(11)16/h8-9,14,18H,3-7,17H2,1-2H3. The minimum atomic E-state index is -0.531. The molecule has 1 unspecified atom stereocenters. The van der Waals surface area contributed by atoms with Gasteiger partial charge in [-0.25, -0.2) is 8.78 Å². The lowest BCUT2D eigenvalue weighted by molar-refractivity contribution is 0.456. The van der Waals surface area contributed by atoms with Crippen molar-refractivity contribution in [2.45, 2.75) is 52.0 Å². The molecule has 0 spiro atoms. The Morgan fingerprint density at radius 3 is 2.50 bits per heavy atom. The zero-order chi connectivity index (χ0) is 13.5. The van der Waals surface area contributed by atoms with E-state index in [4.69, 9.17) is 5.84 Å². The highest BCUT2D eigenvalue weighted by molar-refractivity contribution is 5.28. The van der Waals surface area contributed by atoms with Crippen molar-refractivity contribution in [3.63, 3.8) is 0 Å². The molecule has 0 aliphatic heterocycles. The average molecular weight is 256 g/mol. The van der Waals surface area contributed by atoms with E-state index in [1.807, 2.05) is 0 Å². The van der Waals surface area contributed by atoms with Crippen LogP contribution in [0.5, 0.6) is 0 Å². The highest BCUT2D eigenvalue weighted by atomic mass is 19.1. The summed E-state index contributed by atoms with van der Waals surface area (Å²) >= 11 is 0. The van der Waals surface area contributed by atoms with Crippen LogP contribution in [0.1, 0.15) is 56.2 Å². The van der Waals surface area contributed by atoms with Gasteiger partial charge in [0.1, 0.15) is 11.6 Å². The van der Waals surface area contributed by atoms with Gasteiger partial charge in [0.15, 0.2) is 0 Å². The Kier molecular flexibility index (Phi) is 6.22. The van der Waals surface area contributed by atoms with Gasteiger partial charge in [-0.2, -0.15) is 0 Å². The summed E-state index contributed by atoms with van der Waals surface area (Å²) < 4.78 is 26.9. The number of aryl methyl sites for hydroxylation is 1. The first-order valence-corrected chi connectivity index (χ1v) is 6.51. The fraction of sp³-hybridized carbons (Fsp3) is 0.571. The highest BCUT2D eigenvalue weighted by Gasteiger charge is 2.16. The van der Waals surface area contributed by atoms with Gasteiger partial charge in [-0.15, -0.1) is 0 Å². The molecule has 0 aliphatic carbocycles. The summed E-state index contributed by atoms with van der Waals surface area (Å²) in [4.78, 5) is 0. The predicted octanol–water partition coefficient (Wildman–Crippen LogP) is 3.75. The third-order valence-corrected chi connectivity index (χ3v) is 3.20. The SMILES string of the molecule is CCCCCCC(NN)c1cc(C)c(F)cc1F. The van der Waals surface area contributed by atoms with Gasteiger partial charge in [-0.05, 0) is 25.0 Å². The molecular weight excluding hydrogens is 234 g/mol. The third kappa shape index (κ3) is 4.03. The average Bonchev–Trinajstić information content (AvgIpc) is 2.35. The predicted molar refractivity (Wildman–Crippen MR) is 69.9 cm³/mol. The maximum atomic E-state index is 13.7. The van der Waals surface area contributed by atoms with E-state index in [0.717, 1.165) is 31.7 Å². The van der Waals surface area contributed by atoms with E-state index in [1.54, 1.807) is 6.92 Å². The molecule has 0 bridgehead atoms. The van der Waals surface area contributed by atoms with Crippen LogP contribution in [0.25, 0.3) is 0 Å². The number of halogens is 2. The topological polar surface area (TPSA) is 38.0 Å².